The van der Waals surface area contributed by atoms with Gasteiger partial charge in [-0.15, -0.1) is 0 Å². The van der Waals surface area contributed by atoms with Gasteiger partial charge in [0.1, 0.15) is 12.1 Å². The molecule has 0 aromatic carbocycles. The summed E-state index contributed by atoms with van der Waals surface area (Å²) in [7, 11) is 0. The minimum absolute atomic E-state index is 0.155. The van der Waals surface area contributed by atoms with Crippen LogP contribution in [0, 0.1) is 0 Å². The first-order valence-corrected chi connectivity index (χ1v) is 3.94. The molecule has 1 N–H and O–H groups in total. The number of rotatable bonds is 0. The normalized spacial score (nSPS) is 38.3. The number of amides is 1. The van der Waals surface area contributed by atoms with Crippen LogP contribution in [0.1, 0.15) is 19.3 Å². The van der Waals surface area contributed by atoms with Gasteiger partial charge in [0.25, 0.3) is 5.92 Å². The molecular weight excluding hydrogens is 168 g/mol. The van der Waals surface area contributed by atoms with E-state index in [0.717, 1.165) is 0 Å². The maximum absolute atomic E-state index is 13.0. The Kier molecular flexibility index (Phi) is 1.49. The van der Waals surface area contributed by atoms with Crippen molar-refractivity contribution in [3.63, 3.8) is 0 Å². The summed E-state index contributed by atoms with van der Waals surface area (Å²) in [5.74, 6) is -2.80. The molecule has 2 aliphatic rings. The molecule has 0 spiro atoms. The third-order valence-electron chi connectivity index (χ3n) is 2.36. The van der Waals surface area contributed by atoms with Crippen LogP contribution in [0.3, 0.4) is 0 Å². The van der Waals surface area contributed by atoms with Gasteiger partial charge in [0.15, 0.2) is 0 Å². The van der Waals surface area contributed by atoms with E-state index >= 15 is 0 Å². The van der Waals surface area contributed by atoms with Crippen molar-refractivity contribution in [2.45, 2.75) is 37.3 Å². The highest BCUT2D eigenvalue weighted by molar-refractivity contribution is 5.70. The molecule has 5 heteroatoms. The molecule has 1 saturated heterocycles. The Morgan fingerprint density at radius 2 is 2.33 bits per heavy atom. The predicted molar refractivity (Wildman–Crippen MR) is 36.0 cm³/mol. The first kappa shape index (κ1) is 7.76. The van der Waals surface area contributed by atoms with Gasteiger partial charge in [-0.05, 0) is 12.8 Å². The van der Waals surface area contributed by atoms with Crippen molar-refractivity contribution in [2.75, 3.05) is 0 Å². The van der Waals surface area contributed by atoms with Crippen molar-refractivity contribution in [3.8, 4) is 0 Å². The maximum Gasteiger partial charge on any atom is 0.408 e. The monoisotopic (exact) mass is 177 g/mol. The predicted octanol–water partition coefficient (Wildman–Crippen LogP) is 1.28. The fraction of sp³-hybridized carbons (Fsp3) is 0.857. The molecule has 2 fully saturated rings. The summed E-state index contributed by atoms with van der Waals surface area (Å²) in [6.45, 7) is 0. The van der Waals surface area contributed by atoms with Crippen molar-refractivity contribution in [3.05, 3.63) is 0 Å². The number of alkyl halides is 2. The zero-order chi connectivity index (χ0) is 8.77. The van der Waals surface area contributed by atoms with E-state index in [1.54, 1.807) is 0 Å². The average molecular weight is 177 g/mol. The standard InChI is InChI=1S/C7H9F2NO2/c8-7(9)3-1-2-4-5(7)10-6(11)12-4/h4-5H,1-3H2,(H,10,11)/t4-,5-/m0/s1. The second-order valence-corrected chi connectivity index (χ2v) is 3.22. The summed E-state index contributed by atoms with van der Waals surface area (Å²) in [5.41, 5.74) is 0. The molecule has 1 aliphatic heterocycles. The minimum Gasteiger partial charge on any atom is -0.444 e. The van der Waals surface area contributed by atoms with Crippen molar-refractivity contribution < 1.29 is 18.3 Å². The third-order valence-corrected chi connectivity index (χ3v) is 2.36. The Balaban J connectivity index is 2.18. The van der Waals surface area contributed by atoms with E-state index in [9.17, 15) is 13.6 Å². The molecule has 68 valence electrons. The van der Waals surface area contributed by atoms with Gasteiger partial charge in [0, 0.05) is 6.42 Å². The van der Waals surface area contributed by atoms with Gasteiger partial charge in [0.2, 0.25) is 0 Å². The number of alkyl carbamates (subject to hydrolysis) is 1. The van der Waals surface area contributed by atoms with Crippen LogP contribution < -0.4 is 5.32 Å². The molecule has 0 aromatic heterocycles. The lowest BCUT2D eigenvalue weighted by Crippen LogP contribution is -2.50. The number of fused-ring (bicyclic) bond motifs is 1. The van der Waals surface area contributed by atoms with Gasteiger partial charge >= 0.3 is 6.09 Å². The summed E-state index contributed by atoms with van der Waals surface area (Å²) in [6, 6.07) is -1.10. The summed E-state index contributed by atoms with van der Waals surface area (Å²) >= 11 is 0. The zero-order valence-electron chi connectivity index (χ0n) is 6.35. The number of ether oxygens (including phenoxy) is 1. The molecule has 12 heavy (non-hydrogen) atoms. The van der Waals surface area contributed by atoms with Crippen LogP contribution in [0.4, 0.5) is 13.6 Å². The summed E-state index contributed by atoms with van der Waals surface area (Å²) in [5, 5.41) is 2.13. The Bertz CT molecular complexity index is 219. The second kappa shape index (κ2) is 2.31. The summed E-state index contributed by atoms with van der Waals surface area (Å²) in [4.78, 5) is 10.6. The average Bonchev–Trinajstić information content (AvgIpc) is 2.30. The van der Waals surface area contributed by atoms with Gasteiger partial charge in [-0.3, -0.25) is 0 Å². The SMILES string of the molecule is O=C1N[C@H]2[C@H](CCCC2(F)F)O1. The molecule has 2 atom stereocenters. The molecule has 0 bridgehead atoms. The fourth-order valence-electron chi connectivity index (χ4n) is 1.76. The third kappa shape index (κ3) is 1.04. The van der Waals surface area contributed by atoms with Crippen LogP contribution >= 0.6 is 0 Å². The van der Waals surface area contributed by atoms with Crippen LogP contribution in [-0.2, 0) is 4.74 Å². The number of carbonyl (C=O) groups excluding carboxylic acids is 1. The largest absolute Gasteiger partial charge is 0.444 e. The number of carbonyl (C=O) groups is 1. The van der Waals surface area contributed by atoms with E-state index in [1.165, 1.54) is 0 Å². The molecule has 3 nitrogen and oxygen atoms in total. The summed E-state index contributed by atoms with van der Waals surface area (Å²) < 4.78 is 30.7. The molecule has 1 aliphatic carbocycles. The van der Waals surface area contributed by atoms with E-state index in [2.05, 4.69) is 10.1 Å². The van der Waals surface area contributed by atoms with E-state index in [4.69, 9.17) is 0 Å². The number of nitrogens with one attached hydrogen (secondary N) is 1. The Labute approximate surface area is 68.1 Å². The van der Waals surface area contributed by atoms with Crippen LogP contribution in [-0.4, -0.2) is 24.2 Å². The van der Waals surface area contributed by atoms with Crippen LogP contribution in [0.25, 0.3) is 0 Å². The molecule has 0 unspecified atom stereocenters. The van der Waals surface area contributed by atoms with Crippen LogP contribution in [0.5, 0.6) is 0 Å². The number of hydrogen-bond donors (Lipinski definition) is 1. The molecule has 0 aromatic rings. The topological polar surface area (TPSA) is 38.3 Å². The highest BCUT2D eigenvalue weighted by atomic mass is 19.3. The number of halogens is 2. The maximum atomic E-state index is 13.0. The Morgan fingerprint density at radius 1 is 1.58 bits per heavy atom. The van der Waals surface area contributed by atoms with Crippen molar-refractivity contribution >= 4 is 6.09 Å². The van der Waals surface area contributed by atoms with Crippen molar-refractivity contribution in [1.29, 1.82) is 0 Å². The summed E-state index contributed by atoms with van der Waals surface area (Å²) in [6.07, 6.45) is -0.534. The fourth-order valence-corrected chi connectivity index (χ4v) is 1.76. The lowest BCUT2D eigenvalue weighted by atomic mass is 9.90. The van der Waals surface area contributed by atoms with E-state index in [0.29, 0.717) is 12.8 Å². The van der Waals surface area contributed by atoms with E-state index in [1.807, 2.05) is 0 Å². The molecule has 1 amide bonds. The zero-order valence-corrected chi connectivity index (χ0v) is 6.35. The van der Waals surface area contributed by atoms with E-state index < -0.39 is 24.2 Å². The van der Waals surface area contributed by atoms with Crippen LogP contribution in [0.2, 0.25) is 0 Å². The Hall–Kier alpha value is -0.870. The van der Waals surface area contributed by atoms with Crippen LogP contribution in [0.15, 0.2) is 0 Å². The first-order chi connectivity index (χ1) is 5.59. The molecule has 2 rings (SSSR count). The van der Waals surface area contributed by atoms with Crippen molar-refractivity contribution in [1.82, 2.24) is 5.32 Å². The lowest BCUT2D eigenvalue weighted by Gasteiger charge is -2.30. The molecule has 0 radical (unpaired) electrons. The second-order valence-electron chi connectivity index (χ2n) is 3.22. The van der Waals surface area contributed by atoms with Gasteiger partial charge in [-0.25, -0.2) is 13.6 Å². The molecule has 1 saturated carbocycles. The smallest absolute Gasteiger partial charge is 0.408 e. The minimum atomic E-state index is -2.80. The van der Waals surface area contributed by atoms with Gasteiger partial charge in [-0.1, -0.05) is 0 Å². The van der Waals surface area contributed by atoms with Gasteiger partial charge in [-0.2, -0.15) is 0 Å². The number of hydrogen-bond acceptors (Lipinski definition) is 2. The van der Waals surface area contributed by atoms with E-state index in [-0.39, 0.29) is 6.42 Å². The highest BCUT2D eigenvalue weighted by Crippen LogP contribution is 2.37. The lowest BCUT2D eigenvalue weighted by molar-refractivity contribution is -0.0818. The van der Waals surface area contributed by atoms with Gasteiger partial charge in [0.05, 0.1) is 0 Å². The van der Waals surface area contributed by atoms with Gasteiger partial charge < -0.3 is 10.1 Å². The Morgan fingerprint density at radius 3 is 3.00 bits per heavy atom. The van der Waals surface area contributed by atoms with Crippen molar-refractivity contribution in [2.24, 2.45) is 0 Å². The molecule has 1 heterocycles. The molecular formula is C7H9F2NO2. The highest BCUT2D eigenvalue weighted by Gasteiger charge is 2.53. The quantitative estimate of drug-likeness (QED) is 0.605. The first-order valence-electron chi connectivity index (χ1n) is 3.94.